The highest BCUT2D eigenvalue weighted by atomic mass is 15.0. The molecule has 0 radical (unpaired) electrons. The van der Waals surface area contributed by atoms with Crippen LogP contribution in [0.1, 0.15) is 13.8 Å². The number of hydrogen-bond donors (Lipinski definition) is 4. The van der Waals surface area contributed by atoms with Crippen molar-refractivity contribution in [3.63, 3.8) is 0 Å². The Labute approximate surface area is 75.1 Å². The van der Waals surface area contributed by atoms with Crippen LogP contribution in [0.3, 0.4) is 0 Å². The van der Waals surface area contributed by atoms with Gasteiger partial charge in [-0.3, -0.25) is 0 Å². The monoisotopic (exact) mass is 174 g/mol. The molecule has 0 saturated heterocycles. The number of rotatable bonds is 7. The third-order valence-corrected chi connectivity index (χ3v) is 1.82. The zero-order valence-electron chi connectivity index (χ0n) is 8.14. The van der Waals surface area contributed by atoms with E-state index >= 15 is 0 Å². The molecule has 0 spiro atoms. The molecule has 0 rings (SSSR count). The predicted molar refractivity (Wildman–Crippen MR) is 53.0 cm³/mol. The van der Waals surface area contributed by atoms with E-state index in [1.54, 1.807) is 0 Å². The molecule has 0 aliphatic carbocycles. The minimum atomic E-state index is 0.403. The smallest absolute Gasteiger partial charge is 0.0162 e. The van der Waals surface area contributed by atoms with Crippen molar-refractivity contribution < 1.29 is 0 Å². The van der Waals surface area contributed by atoms with Crippen molar-refractivity contribution in [3.05, 3.63) is 0 Å². The van der Waals surface area contributed by atoms with Crippen molar-refractivity contribution >= 4 is 0 Å². The third-order valence-electron chi connectivity index (χ3n) is 1.82. The van der Waals surface area contributed by atoms with E-state index in [4.69, 9.17) is 11.5 Å². The molecular formula is C8H22N4. The maximum Gasteiger partial charge on any atom is 0.0162 e. The van der Waals surface area contributed by atoms with E-state index in [0.29, 0.717) is 25.2 Å². The fourth-order valence-corrected chi connectivity index (χ4v) is 0.804. The Bertz CT molecular complexity index is 85.1. The molecule has 12 heavy (non-hydrogen) atoms. The first-order valence-corrected chi connectivity index (χ1v) is 4.57. The zero-order chi connectivity index (χ0) is 9.40. The lowest BCUT2D eigenvalue weighted by molar-refractivity contribution is 0.500. The minimum absolute atomic E-state index is 0.403. The minimum Gasteiger partial charge on any atom is -0.329 e. The van der Waals surface area contributed by atoms with Gasteiger partial charge in [0.15, 0.2) is 0 Å². The first-order chi connectivity index (χ1) is 5.70. The summed E-state index contributed by atoms with van der Waals surface area (Å²) in [5.41, 5.74) is 10.9. The van der Waals surface area contributed by atoms with Gasteiger partial charge < -0.3 is 22.1 Å². The lowest BCUT2D eigenvalue weighted by Crippen LogP contribution is -2.41. The van der Waals surface area contributed by atoms with E-state index in [0.717, 1.165) is 13.1 Å². The van der Waals surface area contributed by atoms with Gasteiger partial charge in [-0.2, -0.15) is 0 Å². The molecule has 0 aromatic carbocycles. The molecule has 6 N–H and O–H groups in total. The van der Waals surface area contributed by atoms with Gasteiger partial charge >= 0.3 is 0 Å². The number of nitrogens with two attached hydrogens (primary N) is 2. The maximum absolute atomic E-state index is 5.44. The molecular weight excluding hydrogens is 152 g/mol. The molecule has 0 fully saturated rings. The summed E-state index contributed by atoms with van der Waals surface area (Å²) in [7, 11) is 0. The van der Waals surface area contributed by atoms with Crippen molar-refractivity contribution in [2.24, 2.45) is 11.5 Å². The summed E-state index contributed by atoms with van der Waals surface area (Å²) < 4.78 is 0. The summed E-state index contributed by atoms with van der Waals surface area (Å²) in [6.45, 7) is 7.42. The number of nitrogens with one attached hydrogen (secondary N) is 2. The van der Waals surface area contributed by atoms with Gasteiger partial charge in [-0.1, -0.05) is 0 Å². The molecule has 74 valence electrons. The Morgan fingerprint density at radius 1 is 0.917 bits per heavy atom. The van der Waals surface area contributed by atoms with Crippen LogP contribution in [0.2, 0.25) is 0 Å². The first-order valence-electron chi connectivity index (χ1n) is 4.57. The summed E-state index contributed by atoms with van der Waals surface area (Å²) in [6, 6.07) is 0.806. The van der Waals surface area contributed by atoms with Crippen LogP contribution >= 0.6 is 0 Å². The molecule has 0 bridgehead atoms. The lowest BCUT2D eigenvalue weighted by Gasteiger charge is -2.14. The van der Waals surface area contributed by atoms with Crippen LogP contribution in [0, 0.1) is 0 Å². The Morgan fingerprint density at radius 3 is 1.50 bits per heavy atom. The van der Waals surface area contributed by atoms with Crippen LogP contribution in [-0.2, 0) is 0 Å². The van der Waals surface area contributed by atoms with Crippen LogP contribution in [0.4, 0.5) is 0 Å². The van der Waals surface area contributed by atoms with E-state index in [9.17, 15) is 0 Å². The largest absolute Gasteiger partial charge is 0.329 e. The van der Waals surface area contributed by atoms with E-state index in [1.807, 2.05) is 0 Å². The van der Waals surface area contributed by atoms with Gasteiger partial charge in [-0.05, 0) is 13.8 Å². The lowest BCUT2D eigenvalue weighted by atomic mass is 10.3. The van der Waals surface area contributed by atoms with Gasteiger partial charge in [0, 0.05) is 38.3 Å². The van der Waals surface area contributed by atoms with Crippen molar-refractivity contribution in [2.75, 3.05) is 26.2 Å². The second kappa shape index (κ2) is 7.49. The van der Waals surface area contributed by atoms with Gasteiger partial charge in [0.05, 0.1) is 0 Å². The molecule has 0 saturated carbocycles. The molecule has 2 unspecified atom stereocenters. The van der Waals surface area contributed by atoms with E-state index < -0.39 is 0 Å². The first kappa shape index (κ1) is 11.8. The Kier molecular flexibility index (Phi) is 7.39. The summed E-state index contributed by atoms with van der Waals surface area (Å²) in [6.07, 6.45) is 0. The van der Waals surface area contributed by atoms with E-state index in [2.05, 4.69) is 24.5 Å². The van der Waals surface area contributed by atoms with E-state index in [1.165, 1.54) is 0 Å². The van der Waals surface area contributed by atoms with Crippen LogP contribution < -0.4 is 22.1 Å². The van der Waals surface area contributed by atoms with Gasteiger partial charge in [0.25, 0.3) is 0 Å². The Morgan fingerprint density at radius 2 is 1.25 bits per heavy atom. The van der Waals surface area contributed by atoms with Crippen LogP contribution in [-0.4, -0.2) is 38.3 Å². The van der Waals surface area contributed by atoms with Crippen LogP contribution in [0.5, 0.6) is 0 Å². The average molecular weight is 174 g/mol. The standard InChI is InChI=1S/C8H22N4/c1-7(5-9)11-3-4-12-8(2)6-10/h7-8,11-12H,3-6,9-10H2,1-2H3. The molecule has 0 amide bonds. The van der Waals surface area contributed by atoms with Gasteiger partial charge in [0.2, 0.25) is 0 Å². The SMILES string of the molecule is CC(CN)NCCNC(C)CN. The quantitative estimate of drug-likeness (QED) is 0.368. The van der Waals surface area contributed by atoms with Crippen molar-refractivity contribution in [1.82, 2.24) is 10.6 Å². The average Bonchev–Trinajstić information content (AvgIpc) is 2.11. The van der Waals surface area contributed by atoms with Crippen LogP contribution in [0.25, 0.3) is 0 Å². The number of hydrogen-bond acceptors (Lipinski definition) is 4. The Hall–Kier alpha value is -0.160. The van der Waals surface area contributed by atoms with Gasteiger partial charge in [-0.15, -0.1) is 0 Å². The van der Waals surface area contributed by atoms with Crippen molar-refractivity contribution in [1.29, 1.82) is 0 Å². The predicted octanol–water partition coefficient (Wildman–Crippen LogP) is -1.14. The second-order valence-corrected chi connectivity index (χ2v) is 3.18. The molecule has 2 atom stereocenters. The third kappa shape index (κ3) is 6.54. The fraction of sp³-hybridized carbons (Fsp3) is 1.00. The van der Waals surface area contributed by atoms with Crippen molar-refractivity contribution in [3.8, 4) is 0 Å². The van der Waals surface area contributed by atoms with Crippen molar-refractivity contribution in [2.45, 2.75) is 25.9 Å². The second-order valence-electron chi connectivity index (χ2n) is 3.18. The van der Waals surface area contributed by atoms with Gasteiger partial charge in [-0.25, -0.2) is 0 Å². The summed E-state index contributed by atoms with van der Waals surface area (Å²) >= 11 is 0. The van der Waals surface area contributed by atoms with Gasteiger partial charge in [0.1, 0.15) is 0 Å². The molecule has 0 aliphatic rings. The fourth-order valence-electron chi connectivity index (χ4n) is 0.804. The highest BCUT2D eigenvalue weighted by molar-refractivity contribution is 4.64. The summed E-state index contributed by atoms with van der Waals surface area (Å²) in [5, 5.41) is 6.57. The van der Waals surface area contributed by atoms with Crippen LogP contribution in [0.15, 0.2) is 0 Å². The maximum atomic E-state index is 5.44. The highest BCUT2D eigenvalue weighted by Crippen LogP contribution is 1.76. The molecule has 0 heterocycles. The summed E-state index contributed by atoms with van der Waals surface area (Å²) in [4.78, 5) is 0. The molecule has 4 nitrogen and oxygen atoms in total. The molecule has 0 aliphatic heterocycles. The Balaban J connectivity index is 3.10. The normalized spacial score (nSPS) is 16.0. The molecule has 0 aromatic rings. The zero-order valence-corrected chi connectivity index (χ0v) is 8.14. The topological polar surface area (TPSA) is 76.1 Å². The molecule has 4 heteroatoms. The highest BCUT2D eigenvalue weighted by Gasteiger charge is 1.98. The summed E-state index contributed by atoms with van der Waals surface area (Å²) in [5.74, 6) is 0. The van der Waals surface area contributed by atoms with E-state index in [-0.39, 0.29) is 0 Å². The molecule has 0 aromatic heterocycles.